The van der Waals surface area contributed by atoms with Crippen LogP contribution in [0.2, 0.25) is 5.02 Å². The van der Waals surface area contributed by atoms with E-state index in [1.54, 1.807) is 25.1 Å². The highest BCUT2D eigenvalue weighted by atomic mass is 35.5. The van der Waals surface area contributed by atoms with Crippen LogP contribution in [0.3, 0.4) is 0 Å². The van der Waals surface area contributed by atoms with Gasteiger partial charge in [-0.3, -0.25) is 4.79 Å². The number of primary amides is 1. The standard InChI is InChI=1S/C9H8ClNO.C5H5NO3/c10-8-4-1-7(2-5-8)3-6-9(11)12;1-3-4(5(7)8)2-6-9-3/h1-6H,(H2,11,12);2H,1H3,(H,7,8). The Kier molecular flexibility index (Phi) is 6.16. The number of hydrogen-bond donors (Lipinski definition) is 2. The number of halogens is 1. The van der Waals surface area contributed by atoms with Crippen molar-refractivity contribution in [2.24, 2.45) is 5.73 Å². The van der Waals surface area contributed by atoms with Gasteiger partial charge in [0, 0.05) is 11.1 Å². The molecule has 0 atom stereocenters. The van der Waals surface area contributed by atoms with Gasteiger partial charge < -0.3 is 15.4 Å². The molecule has 1 amide bonds. The summed E-state index contributed by atoms with van der Waals surface area (Å²) in [7, 11) is 0. The van der Waals surface area contributed by atoms with Crippen molar-refractivity contribution in [2.75, 3.05) is 0 Å². The number of aryl methyl sites for hydroxylation is 1. The lowest BCUT2D eigenvalue weighted by molar-refractivity contribution is -0.113. The van der Waals surface area contributed by atoms with Gasteiger partial charge >= 0.3 is 5.97 Å². The van der Waals surface area contributed by atoms with Crippen LogP contribution in [0.1, 0.15) is 21.7 Å². The molecule has 1 heterocycles. The smallest absolute Gasteiger partial charge is 0.340 e. The van der Waals surface area contributed by atoms with Gasteiger partial charge in [-0.25, -0.2) is 4.79 Å². The van der Waals surface area contributed by atoms with Crippen LogP contribution < -0.4 is 5.73 Å². The normalized spacial score (nSPS) is 10.0. The first-order valence-corrected chi connectivity index (χ1v) is 6.15. The molecule has 0 spiro atoms. The van der Waals surface area contributed by atoms with Crippen LogP contribution in [-0.2, 0) is 4.79 Å². The first kappa shape index (κ1) is 16.5. The van der Waals surface area contributed by atoms with Crippen LogP contribution in [0, 0.1) is 6.92 Å². The quantitative estimate of drug-likeness (QED) is 0.847. The zero-order chi connectivity index (χ0) is 15.8. The van der Waals surface area contributed by atoms with E-state index in [1.165, 1.54) is 12.3 Å². The molecule has 0 aliphatic rings. The molecule has 21 heavy (non-hydrogen) atoms. The van der Waals surface area contributed by atoms with Crippen LogP contribution in [-0.4, -0.2) is 22.1 Å². The first-order chi connectivity index (χ1) is 9.90. The van der Waals surface area contributed by atoms with Gasteiger partial charge in [-0.05, 0) is 30.7 Å². The van der Waals surface area contributed by atoms with Crippen LogP contribution in [0.4, 0.5) is 0 Å². The number of carboxylic acids is 1. The molecule has 0 bridgehead atoms. The van der Waals surface area contributed by atoms with Crippen molar-refractivity contribution in [1.82, 2.24) is 5.16 Å². The van der Waals surface area contributed by atoms with Crippen LogP contribution in [0.25, 0.3) is 6.08 Å². The molecule has 2 rings (SSSR count). The topological polar surface area (TPSA) is 106 Å². The van der Waals surface area contributed by atoms with Gasteiger partial charge in [-0.2, -0.15) is 0 Å². The summed E-state index contributed by atoms with van der Waals surface area (Å²) in [5.41, 5.74) is 5.94. The van der Waals surface area contributed by atoms with Gasteiger partial charge in [0.1, 0.15) is 11.3 Å². The molecule has 0 saturated heterocycles. The number of rotatable bonds is 3. The predicted octanol–water partition coefficient (Wildman–Crippen LogP) is 2.52. The highest BCUT2D eigenvalue weighted by molar-refractivity contribution is 6.30. The number of nitrogens with zero attached hydrogens (tertiary/aromatic N) is 1. The minimum atomic E-state index is -1.01. The van der Waals surface area contributed by atoms with Crippen molar-refractivity contribution in [3.05, 3.63) is 58.4 Å². The van der Waals surface area contributed by atoms with E-state index in [0.717, 1.165) is 5.56 Å². The van der Waals surface area contributed by atoms with Gasteiger partial charge in [0.25, 0.3) is 0 Å². The summed E-state index contributed by atoms with van der Waals surface area (Å²) >= 11 is 5.66. The Morgan fingerprint density at radius 1 is 1.33 bits per heavy atom. The molecule has 0 unspecified atom stereocenters. The molecule has 7 heteroatoms. The van der Waals surface area contributed by atoms with Crippen LogP contribution >= 0.6 is 11.6 Å². The highest BCUT2D eigenvalue weighted by Crippen LogP contribution is 2.10. The molecular formula is C14H13ClN2O4. The number of amides is 1. The average molecular weight is 309 g/mol. The molecule has 110 valence electrons. The van der Waals surface area contributed by atoms with Gasteiger partial charge in [0.05, 0.1) is 6.20 Å². The number of benzene rings is 1. The lowest BCUT2D eigenvalue weighted by atomic mass is 10.2. The second-order valence-corrected chi connectivity index (χ2v) is 4.32. The van der Waals surface area contributed by atoms with E-state index >= 15 is 0 Å². The fourth-order valence-electron chi connectivity index (χ4n) is 1.26. The van der Waals surface area contributed by atoms with E-state index < -0.39 is 11.9 Å². The summed E-state index contributed by atoms with van der Waals surface area (Å²) < 4.78 is 4.49. The maximum atomic E-state index is 10.3. The van der Waals surface area contributed by atoms with E-state index in [2.05, 4.69) is 9.68 Å². The van der Waals surface area contributed by atoms with Crippen molar-refractivity contribution in [3.8, 4) is 0 Å². The molecule has 0 aliphatic heterocycles. The maximum absolute atomic E-state index is 10.3. The predicted molar refractivity (Wildman–Crippen MR) is 77.9 cm³/mol. The Balaban J connectivity index is 0.000000219. The van der Waals surface area contributed by atoms with Crippen molar-refractivity contribution >= 4 is 29.6 Å². The summed E-state index contributed by atoms with van der Waals surface area (Å²) in [5.74, 6) is -1.12. The molecule has 0 aliphatic carbocycles. The third-order valence-electron chi connectivity index (χ3n) is 2.29. The summed E-state index contributed by atoms with van der Waals surface area (Å²) in [6.07, 6.45) is 4.12. The minimum absolute atomic E-state index is 0.120. The average Bonchev–Trinajstić information content (AvgIpc) is 2.85. The second-order valence-electron chi connectivity index (χ2n) is 3.89. The third kappa shape index (κ3) is 5.92. The van der Waals surface area contributed by atoms with Gasteiger partial charge in [0.15, 0.2) is 0 Å². The van der Waals surface area contributed by atoms with Gasteiger partial charge in [-0.15, -0.1) is 0 Å². The van der Waals surface area contributed by atoms with Crippen molar-refractivity contribution < 1.29 is 19.2 Å². The summed E-state index contributed by atoms with van der Waals surface area (Å²) in [6.45, 7) is 1.55. The van der Waals surface area contributed by atoms with Crippen LogP contribution in [0.5, 0.6) is 0 Å². The van der Waals surface area contributed by atoms with Crippen molar-refractivity contribution in [3.63, 3.8) is 0 Å². The number of aromatic carboxylic acids is 1. The van der Waals surface area contributed by atoms with Crippen molar-refractivity contribution in [1.29, 1.82) is 0 Å². The molecule has 0 fully saturated rings. The maximum Gasteiger partial charge on any atom is 0.340 e. The lowest BCUT2D eigenvalue weighted by Crippen LogP contribution is -2.04. The van der Waals surface area contributed by atoms with Gasteiger partial charge in [-0.1, -0.05) is 28.9 Å². The number of aromatic nitrogens is 1. The van der Waals surface area contributed by atoms with E-state index in [9.17, 15) is 9.59 Å². The molecule has 0 radical (unpaired) electrons. The van der Waals surface area contributed by atoms with Crippen molar-refractivity contribution in [2.45, 2.75) is 6.92 Å². The summed E-state index contributed by atoms with van der Waals surface area (Å²) in [5, 5.41) is 12.3. The monoisotopic (exact) mass is 308 g/mol. The van der Waals surface area contributed by atoms with E-state index in [-0.39, 0.29) is 5.56 Å². The highest BCUT2D eigenvalue weighted by Gasteiger charge is 2.09. The molecule has 2 aromatic rings. The summed E-state index contributed by atoms with van der Waals surface area (Å²) in [4.78, 5) is 20.5. The van der Waals surface area contributed by atoms with E-state index in [1.807, 2.05) is 12.1 Å². The van der Waals surface area contributed by atoms with E-state index in [0.29, 0.717) is 10.8 Å². The number of carboxylic acid groups (broad SMARTS) is 1. The first-order valence-electron chi connectivity index (χ1n) is 5.78. The Hall–Kier alpha value is -2.60. The van der Waals surface area contributed by atoms with Crippen LogP contribution in [0.15, 0.2) is 41.1 Å². The lowest BCUT2D eigenvalue weighted by Gasteiger charge is -1.91. The minimum Gasteiger partial charge on any atom is -0.478 e. The van der Waals surface area contributed by atoms with Gasteiger partial charge in [0.2, 0.25) is 5.91 Å². The second kappa shape index (κ2) is 7.86. The largest absolute Gasteiger partial charge is 0.478 e. The Morgan fingerprint density at radius 3 is 2.33 bits per heavy atom. The number of hydrogen-bond acceptors (Lipinski definition) is 4. The Labute approximate surface area is 125 Å². The molecule has 0 saturated carbocycles. The molecule has 6 nitrogen and oxygen atoms in total. The zero-order valence-corrected chi connectivity index (χ0v) is 11.9. The fourth-order valence-corrected chi connectivity index (χ4v) is 1.38. The number of carbonyl (C=O) groups is 2. The third-order valence-corrected chi connectivity index (χ3v) is 2.54. The molecule has 1 aromatic carbocycles. The molecule has 1 aromatic heterocycles. The Bertz CT molecular complexity index is 647. The molecular weight excluding hydrogens is 296 g/mol. The SMILES string of the molecule is Cc1oncc1C(=O)O.NC(=O)C=Cc1ccc(Cl)cc1. The van der Waals surface area contributed by atoms with E-state index in [4.69, 9.17) is 22.4 Å². The molecule has 3 N–H and O–H groups in total. The fraction of sp³-hybridized carbons (Fsp3) is 0.0714. The number of carbonyl (C=O) groups excluding carboxylic acids is 1. The Morgan fingerprint density at radius 2 is 1.95 bits per heavy atom. The number of nitrogens with two attached hydrogens (primary N) is 1. The zero-order valence-electron chi connectivity index (χ0n) is 11.1. The summed E-state index contributed by atoms with van der Waals surface area (Å²) in [6, 6.07) is 7.12.